The van der Waals surface area contributed by atoms with E-state index in [0.717, 1.165) is 51.6 Å². The van der Waals surface area contributed by atoms with Gasteiger partial charge in [0.2, 0.25) is 0 Å². The van der Waals surface area contributed by atoms with Crippen LogP contribution in [0.15, 0.2) is 48.5 Å². The van der Waals surface area contributed by atoms with Gasteiger partial charge in [0.25, 0.3) is 0 Å². The SMILES string of the molecule is CCOc1ccc(CN2CCN(Cc3cccc(C)c3)CC2)cc1.O=C(O)C(=O)O. The molecule has 1 aliphatic rings. The largest absolute Gasteiger partial charge is 0.494 e. The molecule has 0 saturated carbocycles. The summed E-state index contributed by atoms with van der Waals surface area (Å²) in [5, 5.41) is 14.8. The van der Waals surface area contributed by atoms with Crippen molar-refractivity contribution in [3.8, 4) is 5.75 Å². The lowest BCUT2D eigenvalue weighted by Crippen LogP contribution is -2.45. The molecule has 3 rings (SSSR count). The summed E-state index contributed by atoms with van der Waals surface area (Å²) in [7, 11) is 0. The molecule has 7 heteroatoms. The fraction of sp³-hybridized carbons (Fsp3) is 0.391. The lowest BCUT2D eigenvalue weighted by atomic mass is 10.1. The maximum atomic E-state index is 9.10. The number of nitrogens with zero attached hydrogens (tertiary/aromatic N) is 2. The number of carboxylic acids is 2. The highest BCUT2D eigenvalue weighted by atomic mass is 16.5. The monoisotopic (exact) mass is 414 g/mol. The van der Waals surface area contributed by atoms with E-state index < -0.39 is 11.9 Å². The molecular weight excluding hydrogens is 384 g/mol. The zero-order valence-electron chi connectivity index (χ0n) is 17.6. The van der Waals surface area contributed by atoms with Gasteiger partial charge in [-0.1, -0.05) is 42.0 Å². The number of hydrogen-bond acceptors (Lipinski definition) is 5. The smallest absolute Gasteiger partial charge is 0.414 e. The number of aliphatic carboxylic acids is 2. The van der Waals surface area contributed by atoms with Crippen LogP contribution in [0, 0.1) is 6.92 Å². The van der Waals surface area contributed by atoms with E-state index in [1.165, 1.54) is 16.7 Å². The molecule has 0 radical (unpaired) electrons. The number of rotatable bonds is 6. The number of benzene rings is 2. The van der Waals surface area contributed by atoms with E-state index in [1.807, 2.05) is 6.92 Å². The molecule has 0 aliphatic carbocycles. The van der Waals surface area contributed by atoms with Gasteiger partial charge in [0, 0.05) is 39.3 Å². The fourth-order valence-electron chi connectivity index (χ4n) is 3.29. The van der Waals surface area contributed by atoms with Gasteiger partial charge in [0.05, 0.1) is 6.61 Å². The second-order valence-electron chi connectivity index (χ2n) is 7.23. The third-order valence-electron chi connectivity index (χ3n) is 4.78. The van der Waals surface area contributed by atoms with Gasteiger partial charge in [-0.25, -0.2) is 9.59 Å². The van der Waals surface area contributed by atoms with Crippen LogP contribution >= 0.6 is 0 Å². The predicted octanol–water partition coefficient (Wildman–Crippen LogP) is 2.87. The van der Waals surface area contributed by atoms with Gasteiger partial charge in [-0.05, 0) is 37.1 Å². The van der Waals surface area contributed by atoms with Crippen LogP contribution in [0.3, 0.4) is 0 Å². The Hall–Kier alpha value is -2.90. The van der Waals surface area contributed by atoms with Crippen LogP contribution in [0.25, 0.3) is 0 Å². The summed E-state index contributed by atoms with van der Waals surface area (Å²) in [5.41, 5.74) is 4.14. The molecule has 0 atom stereocenters. The highest BCUT2D eigenvalue weighted by Gasteiger charge is 2.17. The normalized spacial score (nSPS) is 14.5. The van der Waals surface area contributed by atoms with Gasteiger partial charge in [0.1, 0.15) is 5.75 Å². The summed E-state index contributed by atoms with van der Waals surface area (Å²) >= 11 is 0. The molecule has 0 aromatic heterocycles. The summed E-state index contributed by atoms with van der Waals surface area (Å²) in [5.74, 6) is -2.69. The lowest BCUT2D eigenvalue weighted by Gasteiger charge is -2.34. The van der Waals surface area contributed by atoms with Crippen LogP contribution in [-0.4, -0.2) is 64.7 Å². The first-order valence-electron chi connectivity index (χ1n) is 10.1. The first kappa shape index (κ1) is 23.4. The molecule has 1 aliphatic heterocycles. The molecule has 162 valence electrons. The Bertz CT molecular complexity index is 803. The molecule has 1 saturated heterocycles. The number of carboxylic acid groups (broad SMARTS) is 2. The molecular formula is C23H30N2O5. The maximum absolute atomic E-state index is 9.10. The summed E-state index contributed by atoms with van der Waals surface area (Å²) in [6, 6.07) is 17.4. The minimum Gasteiger partial charge on any atom is -0.494 e. The molecule has 0 amide bonds. The minimum absolute atomic E-state index is 0.724. The molecule has 2 N–H and O–H groups in total. The Morgan fingerprint density at radius 2 is 1.40 bits per heavy atom. The number of ether oxygens (including phenoxy) is 1. The van der Waals surface area contributed by atoms with Crippen LogP contribution in [-0.2, 0) is 22.7 Å². The van der Waals surface area contributed by atoms with Gasteiger partial charge < -0.3 is 14.9 Å². The zero-order valence-corrected chi connectivity index (χ0v) is 17.6. The van der Waals surface area contributed by atoms with E-state index in [2.05, 4.69) is 65.3 Å². The number of carbonyl (C=O) groups is 2. The maximum Gasteiger partial charge on any atom is 0.414 e. The topological polar surface area (TPSA) is 90.3 Å². The Kier molecular flexibility index (Phi) is 9.31. The number of piperazine rings is 1. The average molecular weight is 415 g/mol. The van der Waals surface area contributed by atoms with E-state index in [1.54, 1.807) is 0 Å². The van der Waals surface area contributed by atoms with Crippen molar-refractivity contribution in [2.75, 3.05) is 32.8 Å². The Morgan fingerprint density at radius 3 is 1.87 bits per heavy atom. The van der Waals surface area contributed by atoms with Crippen molar-refractivity contribution in [3.05, 3.63) is 65.2 Å². The Morgan fingerprint density at radius 1 is 0.867 bits per heavy atom. The van der Waals surface area contributed by atoms with Crippen molar-refractivity contribution < 1.29 is 24.5 Å². The first-order chi connectivity index (χ1) is 14.4. The first-order valence-corrected chi connectivity index (χ1v) is 10.1. The fourth-order valence-corrected chi connectivity index (χ4v) is 3.29. The lowest BCUT2D eigenvalue weighted by molar-refractivity contribution is -0.159. The summed E-state index contributed by atoms with van der Waals surface area (Å²) in [6.07, 6.45) is 0. The summed E-state index contributed by atoms with van der Waals surface area (Å²) < 4.78 is 5.51. The second kappa shape index (κ2) is 11.9. The van der Waals surface area contributed by atoms with Crippen LogP contribution in [0.4, 0.5) is 0 Å². The predicted molar refractivity (Wildman–Crippen MR) is 115 cm³/mol. The number of aryl methyl sites for hydroxylation is 1. The quantitative estimate of drug-likeness (QED) is 0.703. The van der Waals surface area contributed by atoms with Crippen molar-refractivity contribution in [1.82, 2.24) is 9.80 Å². The highest BCUT2D eigenvalue weighted by Crippen LogP contribution is 2.15. The van der Waals surface area contributed by atoms with Gasteiger partial charge in [-0.2, -0.15) is 0 Å². The minimum atomic E-state index is -1.82. The van der Waals surface area contributed by atoms with Crippen molar-refractivity contribution in [1.29, 1.82) is 0 Å². The molecule has 0 spiro atoms. The van der Waals surface area contributed by atoms with E-state index in [9.17, 15) is 0 Å². The van der Waals surface area contributed by atoms with Gasteiger partial charge >= 0.3 is 11.9 Å². The van der Waals surface area contributed by atoms with E-state index >= 15 is 0 Å². The second-order valence-corrected chi connectivity index (χ2v) is 7.23. The zero-order chi connectivity index (χ0) is 21.9. The van der Waals surface area contributed by atoms with E-state index in [0.29, 0.717) is 0 Å². The van der Waals surface area contributed by atoms with Crippen molar-refractivity contribution in [2.45, 2.75) is 26.9 Å². The molecule has 7 nitrogen and oxygen atoms in total. The molecule has 2 aromatic rings. The van der Waals surface area contributed by atoms with Crippen LogP contribution in [0.5, 0.6) is 5.75 Å². The molecule has 2 aromatic carbocycles. The summed E-state index contributed by atoms with van der Waals surface area (Å²) in [6.45, 7) is 11.6. The highest BCUT2D eigenvalue weighted by molar-refractivity contribution is 6.27. The Balaban J connectivity index is 0.000000469. The van der Waals surface area contributed by atoms with Crippen LogP contribution < -0.4 is 4.74 Å². The van der Waals surface area contributed by atoms with Crippen LogP contribution in [0.2, 0.25) is 0 Å². The van der Waals surface area contributed by atoms with Crippen molar-refractivity contribution >= 4 is 11.9 Å². The standard InChI is InChI=1S/C21H28N2O.C2H2O4/c1-3-24-21-9-7-19(8-10-21)16-22-11-13-23(14-12-22)17-20-6-4-5-18(2)15-20;3-1(4)2(5)6/h4-10,15H,3,11-14,16-17H2,1-2H3;(H,3,4)(H,5,6). The van der Waals surface area contributed by atoms with Crippen LogP contribution in [0.1, 0.15) is 23.6 Å². The molecule has 1 heterocycles. The van der Waals surface area contributed by atoms with Crippen molar-refractivity contribution in [3.63, 3.8) is 0 Å². The van der Waals surface area contributed by atoms with E-state index in [4.69, 9.17) is 24.5 Å². The van der Waals surface area contributed by atoms with E-state index in [-0.39, 0.29) is 0 Å². The third-order valence-corrected chi connectivity index (χ3v) is 4.78. The average Bonchev–Trinajstić information content (AvgIpc) is 2.72. The number of hydrogen-bond donors (Lipinski definition) is 2. The summed E-state index contributed by atoms with van der Waals surface area (Å²) in [4.78, 5) is 23.3. The van der Waals surface area contributed by atoms with Gasteiger partial charge in [-0.3, -0.25) is 9.80 Å². The Labute approximate surface area is 177 Å². The molecule has 0 unspecified atom stereocenters. The van der Waals surface area contributed by atoms with Gasteiger partial charge in [-0.15, -0.1) is 0 Å². The molecule has 30 heavy (non-hydrogen) atoms. The van der Waals surface area contributed by atoms with Crippen molar-refractivity contribution in [2.24, 2.45) is 0 Å². The molecule has 0 bridgehead atoms. The van der Waals surface area contributed by atoms with Gasteiger partial charge in [0.15, 0.2) is 0 Å². The molecule has 1 fully saturated rings. The third kappa shape index (κ3) is 8.23.